The fourth-order valence-electron chi connectivity index (χ4n) is 2.91. The van der Waals surface area contributed by atoms with E-state index < -0.39 is 17.7 Å². The highest BCUT2D eigenvalue weighted by Gasteiger charge is 2.32. The molecule has 0 aliphatic heterocycles. The van der Waals surface area contributed by atoms with Gasteiger partial charge in [0.05, 0.1) is 29.5 Å². The minimum atomic E-state index is -4.51. The second kappa shape index (κ2) is 8.44. The van der Waals surface area contributed by atoms with Crippen molar-refractivity contribution >= 4 is 11.4 Å². The molecule has 0 saturated carbocycles. The summed E-state index contributed by atoms with van der Waals surface area (Å²) in [5.41, 5.74) is 3.27. The first-order valence-electron chi connectivity index (χ1n) is 8.87. The highest BCUT2D eigenvalue weighted by molar-refractivity contribution is 6.15. The number of nitrogens with zero attached hydrogens (tertiary/aromatic N) is 3. The summed E-state index contributed by atoms with van der Waals surface area (Å²) < 4.78 is 51.6. The van der Waals surface area contributed by atoms with Gasteiger partial charge in [0.2, 0.25) is 0 Å². The predicted molar refractivity (Wildman–Crippen MR) is 109 cm³/mol. The first-order valence-corrected chi connectivity index (χ1v) is 8.87. The molecule has 0 atom stereocenters. The van der Waals surface area contributed by atoms with Crippen LogP contribution in [0, 0.1) is 12.7 Å². The number of hydrogen-bond acceptors (Lipinski definition) is 4. The van der Waals surface area contributed by atoms with Crippen LogP contribution in [-0.4, -0.2) is 22.7 Å². The predicted octanol–water partition coefficient (Wildman–Crippen LogP) is 5.65. The highest BCUT2D eigenvalue weighted by atomic mass is 19.4. The van der Waals surface area contributed by atoms with E-state index in [0.717, 1.165) is 35.2 Å². The normalized spacial score (nSPS) is 12.0. The number of nitrogens with one attached hydrogen (secondary N) is 1. The maximum absolute atomic E-state index is 13.5. The van der Waals surface area contributed by atoms with Crippen molar-refractivity contribution in [2.24, 2.45) is 4.99 Å². The molecule has 3 rings (SSSR count). The molecule has 4 nitrogen and oxygen atoms in total. The van der Waals surface area contributed by atoms with Crippen molar-refractivity contribution in [3.63, 3.8) is 0 Å². The van der Waals surface area contributed by atoms with Crippen LogP contribution in [0.2, 0.25) is 0 Å². The van der Waals surface area contributed by atoms with E-state index >= 15 is 0 Å². The van der Waals surface area contributed by atoms with Gasteiger partial charge in [0, 0.05) is 24.4 Å². The third-order valence-electron chi connectivity index (χ3n) is 4.39. The standard InChI is InChI=1S/C22H18F4N4/c1-13-4-5-15(16-8-17(23)11-28-10-16)9-19(13)21(27-3)14(2)30-18-6-7-20(29-12-18)22(24,25)26/h4-12,30H,2H2,1,3H3. The van der Waals surface area contributed by atoms with E-state index in [1.165, 1.54) is 12.1 Å². The lowest BCUT2D eigenvalue weighted by molar-refractivity contribution is -0.141. The average molecular weight is 414 g/mol. The Labute approximate surface area is 171 Å². The molecule has 0 amide bonds. The van der Waals surface area contributed by atoms with Crippen LogP contribution in [0.3, 0.4) is 0 Å². The Morgan fingerprint density at radius 2 is 1.80 bits per heavy atom. The van der Waals surface area contributed by atoms with Crippen LogP contribution in [0.15, 0.2) is 72.3 Å². The van der Waals surface area contributed by atoms with Crippen LogP contribution in [0.25, 0.3) is 11.1 Å². The van der Waals surface area contributed by atoms with Crippen LogP contribution in [0.4, 0.5) is 23.2 Å². The molecule has 1 aromatic carbocycles. The summed E-state index contributed by atoms with van der Waals surface area (Å²) in [4.78, 5) is 11.6. The molecule has 0 aliphatic rings. The van der Waals surface area contributed by atoms with E-state index in [4.69, 9.17) is 0 Å². The van der Waals surface area contributed by atoms with Gasteiger partial charge in [-0.15, -0.1) is 0 Å². The van der Waals surface area contributed by atoms with Crippen molar-refractivity contribution in [2.75, 3.05) is 12.4 Å². The van der Waals surface area contributed by atoms with E-state index in [2.05, 4.69) is 26.9 Å². The third kappa shape index (κ3) is 4.71. The van der Waals surface area contributed by atoms with Gasteiger partial charge in [-0.25, -0.2) is 9.37 Å². The number of allylic oxidation sites excluding steroid dienone is 1. The Morgan fingerprint density at radius 1 is 1.03 bits per heavy atom. The largest absolute Gasteiger partial charge is 0.433 e. The Balaban J connectivity index is 1.88. The molecule has 0 fully saturated rings. The summed E-state index contributed by atoms with van der Waals surface area (Å²) in [6.45, 7) is 5.85. The molecule has 0 bridgehead atoms. The van der Waals surface area contributed by atoms with Crippen molar-refractivity contribution in [3.05, 3.63) is 89.9 Å². The quantitative estimate of drug-likeness (QED) is 0.433. The molecule has 30 heavy (non-hydrogen) atoms. The Kier molecular flexibility index (Phi) is 5.96. The van der Waals surface area contributed by atoms with E-state index in [-0.39, 0.29) is 0 Å². The SMILES string of the molecule is C=C(Nc1ccc(C(F)(F)F)nc1)C(=NC)c1cc(-c2cncc(F)c2)ccc1C. The van der Waals surface area contributed by atoms with Crippen LogP contribution in [0.5, 0.6) is 0 Å². The van der Waals surface area contributed by atoms with Gasteiger partial charge in [-0.05, 0) is 42.3 Å². The lowest BCUT2D eigenvalue weighted by atomic mass is 9.96. The van der Waals surface area contributed by atoms with E-state index in [1.54, 1.807) is 13.2 Å². The summed E-state index contributed by atoms with van der Waals surface area (Å²) in [6, 6.07) is 9.10. The topological polar surface area (TPSA) is 50.2 Å². The molecule has 0 radical (unpaired) electrons. The lowest BCUT2D eigenvalue weighted by Crippen LogP contribution is -2.14. The summed E-state index contributed by atoms with van der Waals surface area (Å²) in [5, 5.41) is 2.94. The van der Waals surface area contributed by atoms with Crippen LogP contribution >= 0.6 is 0 Å². The molecule has 1 N–H and O–H groups in total. The van der Waals surface area contributed by atoms with E-state index in [0.29, 0.717) is 22.7 Å². The zero-order valence-corrected chi connectivity index (χ0v) is 16.3. The molecular formula is C22H18F4N4. The molecule has 2 heterocycles. The van der Waals surface area contributed by atoms with Crippen molar-refractivity contribution < 1.29 is 17.6 Å². The number of pyridine rings is 2. The van der Waals surface area contributed by atoms with Crippen LogP contribution in [0.1, 0.15) is 16.8 Å². The maximum Gasteiger partial charge on any atom is 0.433 e. The zero-order valence-electron chi connectivity index (χ0n) is 16.3. The summed E-state index contributed by atoms with van der Waals surface area (Å²) in [7, 11) is 1.59. The summed E-state index contributed by atoms with van der Waals surface area (Å²) in [5.74, 6) is -0.445. The maximum atomic E-state index is 13.5. The number of anilines is 1. The second-order valence-corrected chi connectivity index (χ2v) is 6.53. The first-order chi connectivity index (χ1) is 14.2. The molecule has 8 heteroatoms. The van der Waals surface area contributed by atoms with Gasteiger partial charge in [0.15, 0.2) is 0 Å². The Morgan fingerprint density at radius 3 is 2.40 bits per heavy atom. The van der Waals surface area contributed by atoms with Gasteiger partial charge in [-0.3, -0.25) is 9.98 Å². The molecule has 0 saturated heterocycles. The highest BCUT2D eigenvalue weighted by Crippen LogP contribution is 2.28. The minimum absolute atomic E-state index is 0.345. The van der Waals surface area contributed by atoms with Crippen LogP contribution < -0.4 is 5.32 Å². The van der Waals surface area contributed by atoms with Crippen molar-refractivity contribution in [1.29, 1.82) is 0 Å². The molecular weight excluding hydrogens is 396 g/mol. The summed E-state index contributed by atoms with van der Waals surface area (Å²) in [6.07, 6.45) is -0.736. The minimum Gasteiger partial charge on any atom is -0.353 e. The number of aromatic nitrogens is 2. The molecule has 3 aromatic rings. The van der Waals surface area contributed by atoms with Gasteiger partial charge in [0.1, 0.15) is 11.5 Å². The molecule has 2 aromatic heterocycles. The van der Waals surface area contributed by atoms with Gasteiger partial charge in [0.25, 0.3) is 0 Å². The van der Waals surface area contributed by atoms with E-state index in [1.807, 2.05) is 25.1 Å². The fraction of sp³-hybridized carbons (Fsp3) is 0.136. The number of hydrogen-bond donors (Lipinski definition) is 1. The Bertz CT molecular complexity index is 1100. The van der Waals surface area contributed by atoms with Crippen molar-refractivity contribution in [3.8, 4) is 11.1 Å². The number of benzene rings is 1. The van der Waals surface area contributed by atoms with E-state index in [9.17, 15) is 17.6 Å². The number of alkyl halides is 3. The Hall–Kier alpha value is -3.55. The number of aryl methyl sites for hydroxylation is 1. The second-order valence-electron chi connectivity index (χ2n) is 6.53. The first kappa shape index (κ1) is 21.2. The lowest BCUT2D eigenvalue weighted by Gasteiger charge is -2.16. The molecule has 154 valence electrons. The number of rotatable bonds is 5. The van der Waals surface area contributed by atoms with Crippen LogP contribution in [-0.2, 0) is 6.18 Å². The van der Waals surface area contributed by atoms with Gasteiger partial charge in [-0.2, -0.15) is 13.2 Å². The smallest absolute Gasteiger partial charge is 0.353 e. The monoisotopic (exact) mass is 414 g/mol. The van der Waals surface area contributed by atoms with Gasteiger partial charge in [-0.1, -0.05) is 18.7 Å². The summed E-state index contributed by atoms with van der Waals surface area (Å²) >= 11 is 0. The number of halogens is 4. The molecule has 0 aliphatic carbocycles. The third-order valence-corrected chi connectivity index (χ3v) is 4.39. The van der Waals surface area contributed by atoms with Gasteiger partial charge < -0.3 is 5.32 Å². The molecule has 0 unspecified atom stereocenters. The fourth-order valence-corrected chi connectivity index (χ4v) is 2.91. The van der Waals surface area contributed by atoms with Crippen molar-refractivity contribution in [2.45, 2.75) is 13.1 Å². The average Bonchev–Trinajstić information content (AvgIpc) is 2.69. The van der Waals surface area contributed by atoms with Gasteiger partial charge >= 0.3 is 6.18 Å². The zero-order chi connectivity index (χ0) is 21.9. The molecule has 0 spiro atoms. The number of aliphatic imine (C=N–C) groups is 1. The van der Waals surface area contributed by atoms with Crippen molar-refractivity contribution in [1.82, 2.24) is 9.97 Å².